The third kappa shape index (κ3) is 3.23. The van der Waals surface area contributed by atoms with Crippen LogP contribution in [0.5, 0.6) is 0 Å². The maximum atomic E-state index is 12.1. The van der Waals surface area contributed by atoms with Crippen LogP contribution < -0.4 is 5.32 Å². The normalized spacial score (nSPS) is 15.9. The predicted molar refractivity (Wildman–Crippen MR) is 72.5 cm³/mol. The van der Waals surface area contributed by atoms with Crippen molar-refractivity contribution in [3.8, 4) is 0 Å². The first kappa shape index (κ1) is 13.8. The highest BCUT2D eigenvalue weighted by Gasteiger charge is 2.30. The molecule has 2 rings (SSSR count). The van der Waals surface area contributed by atoms with Crippen molar-refractivity contribution >= 4 is 23.2 Å². The first-order valence-corrected chi connectivity index (χ1v) is 6.60. The van der Waals surface area contributed by atoms with Crippen molar-refractivity contribution < 1.29 is 9.72 Å². The zero-order valence-electron chi connectivity index (χ0n) is 10.6. The number of carbonyl (C=O) groups is 1. The third-order valence-corrected chi connectivity index (χ3v) is 3.78. The molecule has 5 nitrogen and oxygen atoms in total. The maximum Gasteiger partial charge on any atom is 0.282 e. The van der Waals surface area contributed by atoms with Crippen LogP contribution >= 0.6 is 11.6 Å². The van der Waals surface area contributed by atoms with Gasteiger partial charge in [-0.3, -0.25) is 14.9 Å². The second-order valence-electron chi connectivity index (χ2n) is 4.79. The van der Waals surface area contributed by atoms with Gasteiger partial charge in [0.1, 0.15) is 5.56 Å². The van der Waals surface area contributed by atoms with E-state index in [1.54, 1.807) is 19.1 Å². The number of benzene rings is 1. The highest BCUT2D eigenvalue weighted by atomic mass is 35.5. The molecule has 1 fully saturated rings. The highest BCUT2D eigenvalue weighted by molar-refractivity contribution is 6.21. The van der Waals surface area contributed by atoms with Crippen molar-refractivity contribution in [2.24, 2.45) is 5.92 Å². The van der Waals surface area contributed by atoms with Gasteiger partial charge in [0.05, 0.1) is 10.3 Å². The van der Waals surface area contributed by atoms with E-state index in [0.29, 0.717) is 18.0 Å². The summed E-state index contributed by atoms with van der Waals surface area (Å²) >= 11 is 6.10. The summed E-state index contributed by atoms with van der Waals surface area (Å²) in [4.78, 5) is 22.5. The monoisotopic (exact) mass is 282 g/mol. The molecule has 0 spiro atoms. The topological polar surface area (TPSA) is 72.2 Å². The number of aryl methyl sites for hydroxylation is 1. The second kappa shape index (κ2) is 5.57. The fourth-order valence-corrected chi connectivity index (χ4v) is 2.33. The molecule has 6 heteroatoms. The van der Waals surface area contributed by atoms with Gasteiger partial charge in [-0.15, -0.1) is 11.6 Å². The molecule has 0 aromatic heterocycles. The van der Waals surface area contributed by atoms with E-state index < -0.39 is 10.8 Å². The van der Waals surface area contributed by atoms with E-state index in [4.69, 9.17) is 11.6 Å². The SMILES string of the molecule is Cc1cccc([N+](=O)[O-])c1C(=O)NCC(Cl)C1CC1. The van der Waals surface area contributed by atoms with Gasteiger partial charge in [-0.25, -0.2) is 0 Å². The van der Waals surface area contributed by atoms with Crippen molar-refractivity contribution in [2.75, 3.05) is 6.54 Å². The number of alkyl halides is 1. The van der Waals surface area contributed by atoms with Gasteiger partial charge in [-0.05, 0) is 31.2 Å². The van der Waals surface area contributed by atoms with Crippen molar-refractivity contribution in [1.82, 2.24) is 5.32 Å². The minimum atomic E-state index is -0.541. The molecule has 1 atom stereocenters. The summed E-state index contributed by atoms with van der Waals surface area (Å²) in [6.45, 7) is 2.03. The number of amides is 1. The lowest BCUT2D eigenvalue weighted by Gasteiger charge is -2.11. The average Bonchev–Trinajstić information content (AvgIpc) is 3.19. The second-order valence-corrected chi connectivity index (χ2v) is 5.35. The largest absolute Gasteiger partial charge is 0.350 e. The number of nitrogens with one attached hydrogen (secondary N) is 1. The predicted octanol–water partition coefficient (Wildman–Crippen LogP) is 2.65. The van der Waals surface area contributed by atoms with Gasteiger partial charge < -0.3 is 5.32 Å². The molecule has 0 heterocycles. The number of rotatable bonds is 5. The Balaban J connectivity index is 2.11. The van der Waals surface area contributed by atoms with Crippen molar-refractivity contribution in [1.29, 1.82) is 0 Å². The van der Waals surface area contributed by atoms with E-state index in [0.717, 1.165) is 12.8 Å². The van der Waals surface area contributed by atoms with Crippen LogP contribution in [0.25, 0.3) is 0 Å². The van der Waals surface area contributed by atoms with Gasteiger partial charge in [-0.1, -0.05) is 12.1 Å². The lowest BCUT2D eigenvalue weighted by atomic mass is 10.1. The van der Waals surface area contributed by atoms with Crippen LogP contribution in [-0.4, -0.2) is 22.8 Å². The van der Waals surface area contributed by atoms with Crippen LogP contribution in [0.2, 0.25) is 0 Å². The van der Waals surface area contributed by atoms with Crippen LogP contribution in [-0.2, 0) is 0 Å². The summed E-state index contributed by atoms with van der Waals surface area (Å²) in [5.74, 6) is 0.0323. The number of hydrogen-bond acceptors (Lipinski definition) is 3. The molecule has 1 aliphatic carbocycles. The molecule has 1 saturated carbocycles. The first-order chi connectivity index (χ1) is 9.00. The molecule has 1 unspecified atom stereocenters. The lowest BCUT2D eigenvalue weighted by Crippen LogP contribution is -2.31. The molecular weight excluding hydrogens is 268 g/mol. The first-order valence-electron chi connectivity index (χ1n) is 6.17. The van der Waals surface area contributed by atoms with Gasteiger partial charge in [0.2, 0.25) is 0 Å². The Hall–Kier alpha value is -1.62. The van der Waals surface area contributed by atoms with Gasteiger partial charge in [0, 0.05) is 12.6 Å². The van der Waals surface area contributed by atoms with E-state index in [1.807, 2.05) is 0 Å². The fraction of sp³-hybridized carbons (Fsp3) is 0.462. The minimum absolute atomic E-state index is 0.0907. The summed E-state index contributed by atoms with van der Waals surface area (Å²) in [6, 6.07) is 4.58. The molecule has 1 amide bonds. The van der Waals surface area contributed by atoms with E-state index in [1.165, 1.54) is 6.07 Å². The minimum Gasteiger partial charge on any atom is -0.350 e. The van der Waals surface area contributed by atoms with Gasteiger partial charge >= 0.3 is 0 Å². The number of nitro groups is 1. The van der Waals surface area contributed by atoms with Crippen LogP contribution in [0.3, 0.4) is 0 Å². The average molecular weight is 283 g/mol. The molecule has 0 saturated heterocycles. The van der Waals surface area contributed by atoms with E-state index in [-0.39, 0.29) is 16.6 Å². The molecule has 1 aromatic carbocycles. The Morgan fingerprint density at radius 2 is 2.26 bits per heavy atom. The zero-order chi connectivity index (χ0) is 14.0. The number of nitrogens with zero attached hydrogens (tertiary/aromatic N) is 1. The molecule has 1 aromatic rings. The zero-order valence-corrected chi connectivity index (χ0v) is 11.3. The Bertz CT molecular complexity index is 515. The fourth-order valence-electron chi connectivity index (χ4n) is 2.00. The van der Waals surface area contributed by atoms with Crippen LogP contribution in [0.4, 0.5) is 5.69 Å². The number of halogens is 1. The smallest absolute Gasteiger partial charge is 0.282 e. The molecule has 102 valence electrons. The summed E-state index contributed by atoms with van der Waals surface area (Å²) in [5, 5.41) is 13.5. The number of nitro benzene ring substituents is 1. The standard InChI is InChI=1S/C13H15ClN2O3/c1-8-3-2-4-11(16(18)19)12(8)13(17)15-7-10(14)9-5-6-9/h2-4,9-10H,5-7H2,1H3,(H,15,17). The highest BCUT2D eigenvalue weighted by Crippen LogP contribution is 2.35. The Morgan fingerprint density at radius 1 is 1.58 bits per heavy atom. The molecular formula is C13H15ClN2O3. The van der Waals surface area contributed by atoms with E-state index >= 15 is 0 Å². The maximum absolute atomic E-state index is 12.1. The van der Waals surface area contributed by atoms with E-state index in [9.17, 15) is 14.9 Å². The molecule has 0 radical (unpaired) electrons. The molecule has 0 aliphatic heterocycles. The molecule has 0 bridgehead atoms. The summed E-state index contributed by atoms with van der Waals surface area (Å²) < 4.78 is 0. The van der Waals surface area contributed by atoms with Crippen LogP contribution in [0, 0.1) is 23.0 Å². The van der Waals surface area contributed by atoms with Gasteiger partial charge in [0.15, 0.2) is 0 Å². The van der Waals surface area contributed by atoms with Crippen molar-refractivity contribution in [2.45, 2.75) is 25.1 Å². The molecule has 19 heavy (non-hydrogen) atoms. The summed E-state index contributed by atoms with van der Waals surface area (Å²) in [7, 11) is 0. The van der Waals surface area contributed by atoms with Gasteiger partial charge in [0.25, 0.3) is 11.6 Å². The van der Waals surface area contributed by atoms with Crippen LogP contribution in [0.1, 0.15) is 28.8 Å². The quantitative estimate of drug-likeness (QED) is 0.513. The number of carbonyl (C=O) groups excluding carboxylic acids is 1. The third-order valence-electron chi connectivity index (χ3n) is 3.27. The molecule has 1 N–H and O–H groups in total. The Labute approximate surface area is 116 Å². The number of hydrogen-bond donors (Lipinski definition) is 1. The Morgan fingerprint density at radius 3 is 2.84 bits per heavy atom. The molecule has 1 aliphatic rings. The summed E-state index contributed by atoms with van der Waals surface area (Å²) in [6.07, 6.45) is 2.18. The van der Waals surface area contributed by atoms with Crippen LogP contribution in [0.15, 0.2) is 18.2 Å². The van der Waals surface area contributed by atoms with Gasteiger partial charge in [-0.2, -0.15) is 0 Å². The Kier molecular flexibility index (Phi) is 4.04. The summed E-state index contributed by atoms with van der Waals surface area (Å²) in [5.41, 5.74) is 0.534. The van der Waals surface area contributed by atoms with Crippen molar-refractivity contribution in [3.63, 3.8) is 0 Å². The van der Waals surface area contributed by atoms with E-state index in [2.05, 4.69) is 5.32 Å². The van der Waals surface area contributed by atoms with Crippen molar-refractivity contribution in [3.05, 3.63) is 39.4 Å². The lowest BCUT2D eigenvalue weighted by molar-refractivity contribution is -0.385.